The fourth-order valence-electron chi connectivity index (χ4n) is 0. The van der Waals surface area contributed by atoms with Crippen molar-refractivity contribution >= 4 is 52.4 Å². The highest BCUT2D eigenvalue weighted by molar-refractivity contribution is 6.83. The quantitative estimate of drug-likeness (QED) is 0.551. The summed E-state index contributed by atoms with van der Waals surface area (Å²) in [6.45, 7) is 2.96. The second-order valence-electron chi connectivity index (χ2n) is 0.971. The summed E-state index contributed by atoms with van der Waals surface area (Å²) >= 11 is 19.3. The van der Waals surface area contributed by atoms with Crippen molar-refractivity contribution < 1.29 is 9.90 Å². The van der Waals surface area contributed by atoms with E-state index in [1.54, 1.807) is 0 Å². The molecule has 0 aromatic carbocycles. The van der Waals surface area contributed by atoms with Crippen molar-refractivity contribution in [1.82, 2.24) is 0 Å². The van der Waals surface area contributed by atoms with Gasteiger partial charge in [-0.1, -0.05) is 53.0 Å². The lowest BCUT2D eigenvalue weighted by Crippen LogP contribution is -1.82. The maximum Gasteiger partial charge on any atom is 0.327 e. The van der Waals surface area contributed by atoms with Gasteiger partial charge in [-0.25, -0.2) is 4.79 Å². The predicted octanol–water partition coefficient (Wildman–Crippen LogP) is 2.81. The molecule has 60 valence electrons. The molecule has 0 saturated heterocycles. The molecule has 0 unspecified atom stereocenters. The number of carboxylic acid groups (broad SMARTS) is 1. The third-order valence-electron chi connectivity index (χ3n) is 0.175. The van der Waals surface area contributed by atoms with E-state index in [0.29, 0.717) is 0 Å². The molecular formula is C4H4Cl4O2. The molecule has 10 heavy (non-hydrogen) atoms. The molecule has 0 fully saturated rings. The molecule has 6 heteroatoms. The molecule has 0 heterocycles. The van der Waals surface area contributed by atoms with Gasteiger partial charge in [-0.3, -0.25) is 0 Å². The van der Waals surface area contributed by atoms with Gasteiger partial charge in [-0.15, -0.1) is 0 Å². The molecule has 0 aliphatic rings. The van der Waals surface area contributed by atoms with Crippen LogP contribution in [0.15, 0.2) is 12.7 Å². The van der Waals surface area contributed by atoms with E-state index < -0.39 is 9.22 Å². The second-order valence-corrected chi connectivity index (χ2v) is 4.40. The van der Waals surface area contributed by atoms with Gasteiger partial charge in [0.1, 0.15) is 0 Å². The van der Waals surface area contributed by atoms with Crippen LogP contribution >= 0.6 is 46.4 Å². The van der Waals surface area contributed by atoms with Gasteiger partial charge in [0.25, 0.3) is 3.25 Å². The average molecular weight is 226 g/mol. The van der Waals surface area contributed by atoms with Gasteiger partial charge in [0.15, 0.2) is 0 Å². The molecule has 0 bridgehead atoms. The number of hydrogen-bond acceptors (Lipinski definition) is 1. The van der Waals surface area contributed by atoms with Gasteiger partial charge in [-0.05, 0) is 0 Å². The molecule has 0 aliphatic carbocycles. The molecule has 0 radical (unpaired) electrons. The highest BCUT2D eigenvalue weighted by atomic mass is 35.6. The molecule has 1 N–H and O–H groups in total. The SMILES string of the molecule is C=CC(=O)O.ClC(Cl)(Cl)Cl. The van der Waals surface area contributed by atoms with E-state index in [9.17, 15) is 4.79 Å². The number of carboxylic acids is 1. The Kier molecular flexibility index (Phi) is 7.93. The first-order valence-electron chi connectivity index (χ1n) is 1.88. The number of aliphatic carboxylic acids is 1. The summed E-state index contributed by atoms with van der Waals surface area (Å²) in [4.78, 5) is 9.25. The van der Waals surface area contributed by atoms with Gasteiger partial charge in [0.2, 0.25) is 0 Å². The van der Waals surface area contributed by atoms with E-state index in [1.165, 1.54) is 0 Å². The van der Waals surface area contributed by atoms with E-state index in [4.69, 9.17) is 51.5 Å². The van der Waals surface area contributed by atoms with Crippen molar-refractivity contribution in [1.29, 1.82) is 0 Å². The lowest BCUT2D eigenvalue weighted by molar-refractivity contribution is -0.131. The third-order valence-corrected chi connectivity index (χ3v) is 0.175. The van der Waals surface area contributed by atoms with E-state index in [-0.39, 0.29) is 0 Å². The van der Waals surface area contributed by atoms with Crippen LogP contribution in [0.2, 0.25) is 0 Å². The fourth-order valence-corrected chi connectivity index (χ4v) is 0. The largest absolute Gasteiger partial charge is 0.478 e. The Balaban J connectivity index is 0. The van der Waals surface area contributed by atoms with Crippen molar-refractivity contribution in [3.63, 3.8) is 0 Å². The van der Waals surface area contributed by atoms with Crippen LogP contribution in [0, 0.1) is 0 Å². The minimum Gasteiger partial charge on any atom is -0.478 e. The van der Waals surface area contributed by atoms with Crippen molar-refractivity contribution in [2.24, 2.45) is 0 Å². The molecule has 0 amide bonds. The van der Waals surface area contributed by atoms with Crippen LogP contribution in [0.5, 0.6) is 0 Å². The Hall–Kier alpha value is 0.370. The van der Waals surface area contributed by atoms with Crippen LogP contribution in [0.4, 0.5) is 0 Å². The molecule has 0 spiro atoms. The Morgan fingerprint density at radius 1 is 1.40 bits per heavy atom. The van der Waals surface area contributed by atoms with E-state index in [1.807, 2.05) is 0 Å². The highest BCUT2D eigenvalue weighted by Crippen LogP contribution is 2.29. The van der Waals surface area contributed by atoms with Crippen molar-refractivity contribution in [2.75, 3.05) is 0 Å². The lowest BCUT2D eigenvalue weighted by atomic mass is 10.7. The fraction of sp³-hybridized carbons (Fsp3) is 0.250. The number of rotatable bonds is 1. The minimum atomic E-state index is -1.61. The lowest BCUT2D eigenvalue weighted by Gasteiger charge is -1.91. The summed E-state index contributed by atoms with van der Waals surface area (Å²) in [5.41, 5.74) is 0. The summed E-state index contributed by atoms with van der Waals surface area (Å²) in [5, 5.41) is 7.60. The third kappa shape index (κ3) is 80.9. The first-order chi connectivity index (χ1) is 4.27. The van der Waals surface area contributed by atoms with Crippen LogP contribution in [0.3, 0.4) is 0 Å². The standard InChI is InChI=1S/C3H4O2.CCl4/c1-2-3(4)5;2-1(3,4)5/h2H,1H2,(H,4,5);. The van der Waals surface area contributed by atoms with Gasteiger partial charge in [0, 0.05) is 6.08 Å². The second kappa shape index (κ2) is 6.10. The van der Waals surface area contributed by atoms with Crippen molar-refractivity contribution in [2.45, 2.75) is 3.25 Å². The first kappa shape index (κ1) is 13.0. The van der Waals surface area contributed by atoms with Gasteiger partial charge in [-0.2, -0.15) is 0 Å². The van der Waals surface area contributed by atoms with Gasteiger partial charge in [0.05, 0.1) is 0 Å². The molecule has 0 rings (SSSR count). The Labute approximate surface area is 78.3 Å². The predicted molar refractivity (Wildman–Crippen MR) is 44.0 cm³/mol. The van der Waals surface area contributed by atoms with Crippen LogP contribution < -0.4 is 0 Å². The van der Waals surface area contributed by atoms with Gasteiger partial charge >= 0.3 is 5.97 Å². The molecule has 2 nitrogen and oxygen atoms in total. The zero-order valence-electron chi connectivity index (χ0n) is 4.65. The van der Waals surface area contributed by atoms with Crippen LogP contribution in [0.25, 0.3) is 0 Å². The number of hydrogen-bond donors (Lipinski definition) is 1. The van der Waals surface area contributed by atoms with E-state index >= 15 is 0 Å². The molecule has 0 aliphatic heterocycles. The maximum atomic E-state index is 9.25. The minimum absolute atomic E-state index is 0.833. The molecule has 0 atom stereocenters. The normalized spacial score (nSPS) is 9.20. The number of alkyl halides is 4. The summed E-state index contributed by atoms with van der Waals surface area (Å²) < 4.78 is -1.61. The van der Waals surface area contributed by atoms with Gasteiger partial charge < -0.3 is 5.11 Å². The summed E-state index contributed by atoms with van der Waals surface area (Å²) in [5.74, 6) is -0.981. The monoisotopic (exact) mass is 224 g/mol. The van der Waals surface area contributed by atoms with E-state index in [0.717, 1.165) is 6.08 Å². The molecule has 0 saturated carbocycles. The number of carbonyl (C=O) groups is 1. The maximum absolute atomic E-state index is 9.25. The highest BCUT2D eigenvalue weighted by Gasteiger charge is 2.11. The zero-order valence-corrected chi connectivity index (χ0v) is 7.68. The molecular weight excluding hydrogens is 222 g/mol. The van der Waals surface area contributed by atoms with Crippen LogP contribution in [-0.4, -0.2) is 14.3 Å². The average Bonchev–Trinajstić information content (AvgIpc) is 1.61. The molecule has 0 aromatic heterocycles. The Morgan fingerprint density at radius 3 is 1.50 bits per heavy atom. The summed E-state index contributed by atoms with van der Waals surface area (Å²) in [6, 6.07) is 0. The molecule has 0 aromatic rings. The van der Waals surface area contributed by atoms with Crippen LogP contribution in [0.1, 0.15) is 0 Å². The Morgan fingerprint density at radius 2 is 1.50 bits per heavy atom. The summed E-state index contributed by atoms with van der Waals surface area (Å²) in [6.07, 6.45) is 0.833. The van der Waals surface area contributed by atoms with E-state index in [2.05, 4.69) is 6.58 Å². The topological polar surface area (TPSA) is 37.3 Å². The van der Waals surface area contributed by atoms with Crippen molar-refractivity contribution in [3.05, 3.63) is 12.7 Å². The Bertz CT molecular complexity index is 111. The smallest absolute Gasteiger partial charge is 0.327 e. The number of halogens is 4. The van der Waals surface area contributed by atoms with Crippen LogP contribution in [-0.2, 0) is 4.79 Å². The first-order valence-corrected chi connectivity index (χ1v) is 3.39. The van der Waals surface area contributed by atoms with Crippen molar-refractivity contribution in [3.8, 4) is 0 Å². The zero-order chi connectivity index (χ0) is 8.78. The summed E-state index contributed by atoms with van der Waals surface area (Å²) in [7, 11) is 0.